The number of halogens is 1. The molecule has 1 heterocycles. The molecule has 2 rings (SSSR count). The minimum absolute atomic E-state index is 0.235. The van der Waals surface area contributed by atoms with Gasteiger partial charge in [0, 0.05) is 17.1 Å². The molecule has 4 nitrogen and oxygen atoms in total. The van der Waals surface area contributed by atoms with Crippen molar-refractivity contribution in [3.05, 3.63) is 28.8 Å². The van der Waals surface area contributed by atoms with E-state index >= 15 is 0 Å². The van der Waals surface area contributed by atoms with Crippen LogP contribution in [0.5, 0.6) is 5.75 Å². The number of thiocarbonyl (C=S) groups is 1. The minimum atomic E-state index is -0.235. The van der Waals surface area contributed by atoms with Crippen molar-refractivity contribution in [3.63, 3.8) is 0 Å². The predicted octanol–water partition coefficient (Wildman–Crippen LogP) is 3.42. The van der Waals surface area contributed by atoms with Crippen LogP contribution >= 0.6 is 23.8 Å². The third kappa shape index (κ3) is 2.25. The van der Waals surface area contributed by atoms with Crippen molar-refractivity contribution in [3.8, 4) is 5.75 Å². The number of hydrogen-bond acceptors (Lipinski definition) is 3. The third-order valence-electron chi connectivity index (χ3n) is 2.60. The average Bonchev–Trinajstić information content (AvgIpc) is 2.70. The molecule has 0 aliphatic carbocycles. The number of ether oxygens (including phenoxy) is 1. The summed E-state index contributed by atoms with van der Waals surface area (Å²) in [6.45, 7) is 2.75. The highest BCUT2D eigenvalue weighted by molar-refractivity contribution is 7.80. The molecule has 6 heteroatoms. The van der Waals surface area contributed by atoms with Crippen molar-refractivity contribution in [2.45, 2.75) is 13.1 Å². The van der Waals surface area contributed by atoms with Crippen LogP contribution in [0.2, 0.25) is 5.02 Å². The van der Waals surface area contributed by atoms with Crippen molar-refractivity contribution in [1.29, 1.82) is 0 Å². The first-order valence-electron chi connectivity index (χ1n) is 5.22. The number of benzene rings is 1. The van der Waals surface area contributed by atoms with Gasteiger partial charge < -0.3 is 9.64 Å². The van der Waals surface area contributed by atoms with Gasteiger partial charge in [-0.05, 0) is 37.3 Å². The van der Waals surface area contributed by atoms with Gasteiger partial charge in [0.2, 0.25) is 5.11 Å². The van der Waals surface area contributed by atoms with E-state index in [2.05, 4.69) is 10.2 Å². The highest BCUT2D eigenvalue weighted by Crippen LogP contribution is 2.35. The second-order valence-corrected chi connectivity index (χ2v) is 4.35. The number of rotatable bonds is 3. The first-order chi connectivity index (χ1) is 8.17. The van der Waals surface area contributed by atoms with Crippen LogP contribution in [-0.2, 0) is 0 Å². The molecule has 1 aromatic carbocycles. The van der Waals surface area contributed by atoms with E-state index in [1.54, 1.807) is 13.2 Å². The van der Waals surface area contributed by atoms with E-state index in [0.717, 1.165) is 17.9 Å². The van der Waals surface area contributed by atoms with Crippen molar-refractivity contribution in [1.82, 2.24) is 4.90 Å². The Morgan fingerprint density at radius 2 is 2.29 bits per heavy atom. The van der Waals surface area contributed by atoms with E-state index in [9.17, 15) is 0 Å². The molecule has 17 heavy (non-hydrogen) atoms. The molecular formula is C11H12ClN3OS. The van der Waals surface area contributed by atoms with Gasteiger partial charge in [0.25, 0.3) is 0 Å². The Bertz CT molecular complexity index is 478. The first kappa shape index (κ1) is 12.3. The summed E-state index contributed by atoms with van der Waals surface area (Å²) in [4.78, 5) is 1.92. The molecule has 0 aromatic heterocycles. The van der Waals surface area contributed by atoms with Gasteiger partial charge in [-0.3, -0.25) is 0 Å². The molecule has 1 aliphatic rings. The molecular weight excluding hydrogens is 258 g/mol. The monoisotopic (exact) mass is 269 g/mol. The normalized spacial score (nSPS) is 18.9. The maximum absolute atomic E-state index is 6.00. The largest absolute Gasteiger partial charge is 0.496 e. The number of hydrogen-bond donors (Lipinski definition) is 0. The zero-order chi connectivity index (χ0) is 12.4. The highest BCUT2D eigenvalue weighted by Gasteiger charge is 2.29. The number of methoxy groups -OCH3 is 1. The van der Waals surface area contributed by atoms with Gasteiger partial charge in [0.05, 0.1) is 7.11 Å². The van der Waals surface area contributed by atoms with Gasteiger partial charge in [-0.15, -0.1) is 5.11 Å². The maximum atomic E-state index is 6.00. The molecule has 90 valence electrons. The second kappa shape index (κ2) is 4.98. The SMILES string of the molecule is CCN1C(=S)N=NC1c1cc(Cl)ccc1OC. The zero-order valence-corrected chi connectivity index (χ0v) is 11.1. The lowest BCUT2D eigenvalue weighted by molar-refractivity contribution is 0.342. The van der Waals surface area contributed by atoms with Gasteiger partial charge in [-0.25, -0.2) is 0 Å². The molecule has 0 saturated heterocycles. The highest BCUT2D eigenvalue weighted by atomic mass is 35.5. The van der Waals surface area contributed by atoms with E-state index in [1.165, 1.54) is 0 Å². The molecule has 0 saturated carbocycles. The Morgan fingerprint density at radius 1 is 1.53 bits per heavy atom. The summed E-state index contributed by atoms with van der Waals surface area (Å²) >= 11 is 11.1. The van der Waals surface area contributed by atoms with Gasteiger partial charge >= 0.3 is 0 Å². The quantitative estimate of drug-likeness (QED) is 0.789. The lowest BCUT2D eigenvalue weighted by atomic mass is 10.1. The number of azo groups is 1. The van der Waals surface area contributed by atoms with Crippen LogP contribution in [-0.4, -0.2) is 23.7 Å². The van der Waals surface area contributed by atoms with Crippen LogP contribution in [0.15, 0.2) is 28.4 Å². The van der Waals surface area contributed by atoms with E-state index in [-0.39, 0.29) is 6.17 Å². The third-order valence-corrected chi connectivity index (χ3v) is 3.16. The molecule has 0 bridgehead atoms. The van der Waals surface area contributed by atoms with E-state index in [1.807, 2.05) is 24.0 Å². The fourth-order valence-corrected chi connectivity index (χ4v) is 2.23. The first-order valence-corrected chi connectivity index (χ1v) is 6.01. The van der Waals surface area contributed by atoms with Crippen LogP contribution in [0.4, 0.5) is 0 Å². The molecule has 1 unspecified atom stereocenters. The molecule has 0 fully saturated rings. The Morgan fingerprint density at radius 3 is 2.94 bits per heavy atom. The summed E-state index contributed by atoms with van der Waals surface area (Å²) in [5, 5.41) is 9.24. The summed E-state index contributed by atoms with van der Waals surface area (Å²) < 4.78 is 5.31. The minimum Gasteiger partial charge on any atom is -0.496 e. The molecule has 0 spiro atoms. The topological polar surface area (TPSA) is 37.2 Å². The van der Waals surface area contributed by atoms with Crippen LogP contribution in [0.3, 0.4) is 0 Å². The predicted molar refractivity (Wildman–Crippen MR) is 70.6 cm³/mol. The average molecular weight is 270 g/mol. The van der Waals surface area contributed by atoms with Gasteiger partial charge in [-0.1, -0.05) is 11.6 Å². The Labute approximate surface area is 110 Å². The molecule has 1 aliphatic heterocycles. The zero-order valence-electron chi connectivity index (χ0n) is 9.55. The van der Waals surface area contributed by atoms with Crippen molar-refractivity contribution < 1.29 is 4.74 Å². The molecule has 0 N–H and O–H groups in total. The van der Waals surface area contributed by atoms with Crippen LogP contribution < -0.4 is 4.74 Å². The van der Waals surface area contributed by atoms with E-state index in [0.29, 0.717) is 10.1 Å². The molecule has 0 amide bonds. The smallest absolute Gasteiger partial charge is 0.218 e. The molecule has 1 atom stereocenters. The summed E-state index contributed by atoms with van der Waals surface area (Å²) in [6.07, 6.45) is -0.235. The van der Waals surface area contributed by atoms with Crippen molar-refractivity contribution in [2.24, 2.45) is 10.2 Å². The Balaban J connectivity index is 2.43. The lowest BCUT2D eigenvalue weighted by Crippen LogP contribution is -2.27. The van der Waals surface area contributed by atoms with Gasteiger partial charge in [-0.2, -0.15) is 5.11 Å². The standard InChI is InChI=1S/C11H12ClN3OS/c1-3-15-10(13-14-11(15)17)8-6-7(12)4-5-9(8)16-2/h4-6,10H,3H2,1-2H3. The van der Waals surface area contributed by atoms with E-state index in [4.69, 9.17) is 28.6 Å². The molecule has 0 radical (unpaired) electrons. The summed E-state index contributed by atoms with van der Waals surface area (Å²) in [5.41, 5.74) is 0.880. The lowest BCUT2D eigenvalue weighted by Gasteiger charge is -2.22. The molecule has 1 aromatic rings. The Hall–Kier alpha value is -1.20. The Kier molecular flexibility index (Phi) is 3.59. The van der Waals surface area contributed by atoms with E-state index < -0.39 is 0 Å². The fourth-order valence-electron chi connectivity index (χ4n) is 1.77. The van der Waals surface area contributed by atoms with Gasteiger partial charge in [0.1, 0.15) is 5.75 Å². The van der Waals surface area contributed by atoms with Crippen LogP contribution in [0.1, 0.15) is 18.7 Å². The van der Waals surface area contributed by atoms with Gasteiger partial charge in [0.15, 0.2) is 6.17 Å². The van der Waals surface area contributed by atoms with Crippen molar-refractivity contribution >= 4 is 28.9 Å². The maximum Gasteiger partial charge on any atom is 0.218 e. The fraction of sp³-hybridized carbons (Fsp3) is 0.364. The summed E-state index contributed by atoms with van der Waals surface area (Å²) in [6, 6.07) is 5.44. The van der Waals surface area contributed by atoms with Crippen LogP contribution in [0, 0.1) is 0 Å². The summed E-state index contributed by atoms with van der Waals surface area (Å²) in [7, 11) is 1.62. The van der Waals surface area contributed by atoms with Crippen molar-refractivity contribution in [2.75, 3.05) is 13.7 Å². The number of nitrogens with zero attached hydrogens (tertiary/aromatic N) is 3. The van der Waals surface area contributed by atoms with Crippen LogP contribution in [0.25, 0.3) is 0 Å². The second-order valence-electron chi connectivity index (χ2n) is 3.54. The summed E-state index contributed by atoms with van der Waals surface area (Å²) in [5.74, 6) is 0.738.